The number of hydrogen-bond donors (Lipinski definition) is 4. The SMILES string of the molecule is CCC(=O)NCC[C@H](NC(=O)C1CCCN1)C(=O)NC. The zero-order chi connectivity index (χ0) is 15.0. The van der Waals surface area contributed by atoms with Crippen LogP contribution in [0.25, 0.3) is 0 Å². The van der Waals surface area contributed by atoms with E-state index in [4.69, 9.17) is 0 Å². The Labute approximate surface area is 119 Å². The molecule has 1 fully saturated rings. The van der Waals surface area contributed by atoms with Crippen molar-refractivity contribution in [3.05, 3.63) is 0 Å². The molecule has 1 unspecified atom stereocenters. The Morgan fingerprint density at radius 1 is 1.35 bits per heavy atom. The lowest BCUT2D eigenvalue weighted by Gasteiger charge is -2.19. The van der Waals surface area contributed by atoms with Crippen molar-refractivity contribution in [3.8, 4) is 0 Å². The molecule has 1 saturated heterocycles. The van der Waals surface area contributed by atoms with E-state index in [0.717, 1.165) is 19.4 Å². The number of rotatable bonds is 7. The summed E-state index contributed by atoms with van der Waals surface area (Å²) in [6.07, 6.45) is 2.54. The number of carbonyl (C=O) groups excluding carboxylic acids is 3. The van der Waals surface area contributed by atoms with Gasteiger partial charge >= 0.3 is 0 Å². The van der Waals surface area contributed by atoms with Gasteiger partial charge in [0, 0.05) is 20.0 Å². The Balaban J connectivity index is 2.44. The van der Waals surface area contributed by atoms with E-state index in [1.54, 1.807) is 6.92 Å². The molecule has 0 bridgehead atoms. The number of nitrogens with one attached hydrogen (secondary N) is 4. The first kappa shape index (κ1) is 16.4. The van der Waals surface area contributed by atoms with Gasteiger partial charge in [0.15, 0.2) is 0 Å². The van der Waals surface area contributed by atoms with Gasteiger partial charge in [0.05, 0.1) is 6.04 Å². The van der Waals surface area contributed by atoms with Crippen LogP contribution in [-0.2, 0) is 14.4 Å². The van der Waals surface area contributed by atoms with Crippen molar-refractivity contribution in [2.75, 3.05) is 20.1 Å². The average Bonchev–Trinajstić information content (AvgIpc) is 2.99. The van der Waals surface area contributed by atoms with Gasteiger partial charge in [-0.25, -0.2) is 0 Å². The summed E-state index contributed by atoms with van der Waals surface area (Å²) < 4.78 is 0. The van der Waals surface area contributed by atoms with Crippen LogP contribution < -0.4 is 21.3 Å². The molecule has 1 aliphatic rings. The topological polar surface area (TPSA) is 99.3 Å². The third-order valence-corrected chi connectivity index (χ3v) is 3.33. The fourth-order valence-electron chi connectivity index (χ4n) is 2.10. The molecular formula is C13H24N4O3. The van der Waals surface area contributed by atoms with E-state index in [0.29, 0.717) is 19.4 Å². The fraction of sp³-hybridized carbons (Fsp3) is 0.769. The molecule has 0 aromatic heterocycles. The summed E-state index contributed by atoms with van der Waals surface area (Å²) in [4.78, 5) is 34.9. The van der Waals surface area contributed by atoms with Crippen molar-refractivity contribution in [1.29, 1.82) is 0 Å². The summed E-state index contributed by atoms with van der Waals surface area (Å²) >= 11 is 0. The third-order valence-electron chi connectivity index (χ3n) is 3.33. The van der Waals surface area contributed by atoms with E-state index in [1.165, 1.54) is 7.05 Å². The van der Waals surface area contributed by atoms with Gasteiger partial charge in [0.25, 0.3) is 0 Å². The van der Waals surface area contributed by atoms with Crippen LogP contribution in [0.1, 0.15) is 32.6 Å². The lowest BCUT2D eigenvalue weighted by atomic mass is 10.1. The molecule has 7 nitrogen and oxygen atoms in total. The van der Waals surface area contributed by atoms with Crippen molar-refractivity contribution in [2.45, 2.75) is 44.7 Å². The summed E-state index contributed by atoms with van der Waals surface area (Å²) in [6.45, 7) is 2.96. The molecule has 114 valence electrons. The molecular weight excluding hydrogens is 260 g/mol. The molecule has 2 atom stereocenters. The van der Waals surface area contributed by atoms with Crippen LogP contribution in [0, 0.1) is 0 Å². The Hall–Kier alpha value is -1.63. The molecule has 0 aromatic carbocycles. The zero-order valence-corrected chi connectivity index (χ0v) is 12.1. The van der Waals surface area contributed by atoms with Gasteiger partial charge in [-0.1, -0.05) is 6.92 Å². The minimum Gasteiger partial charge on any atom is -0.357 e. The molecule has 0 spiro atoms. The van der Waals surface area contributed by atoms with Crippen molar-refractivity contribution in [3.63, 3.8) is 0 Å². The highest BCUT2D eigenvalue weighted by molar-refractivity contribution is 5.89. The molecule has 0 aliphatic carbocycles. The van der Waals surface area contributed by atoms with Gasteiger partial charge in [0.2, 0.25) is 17.7 Å². The van der Waals surface area contributed by atoms with Gasteiger partial charge in [-0.15, -0.1) is 0 Å². The lowest BCUT2D eigenvalue weighted by molar-refractivity contribution is -0.129. The Morgan fingerprint density at radius 2 is 2.10 bits per heavy atom. The summed E-state index contributed by atoms with van der Waals surface area (Å²) in [5, 5.41) is 11.1. The van der Waals surface area contributed by atoms with Crippen LogP contribution in [0.3, 0.4) is 0 Å². The molecule has 3 amide bonds. The van der Waals surface area contributed by atoms with Gasteiger partial charge in [-0.2, -0.15) is 0 Å². The molecule has 1 rings (SSSR count). The second-order valence-electron chi connectivity index (χ2n) is 4.82. The summed E-state index contributed by atoms with van der Waals surface area (Å²) in [5.74, 6) is -0.468. The molecule has 0 saturated carbocycles. The second-order valence-corrected chi connectivity index (χ2v) is 4.82. The van der Waals surface area contributed by atoms with E-state index in [-0.39, 0.29) is 23.8 Å². The Bertz CT molecular complexity index is 354. The maximum absolute atomic E-state index is 12.0. The summed E-state index contributed by atoms with van der Waals surface area (Å²) in [7, 11) is 1.53. The minimum absolute atomic E-state index is 0.0653. The maximum atomic E-state index is 12.0. The highest BCUT2D eigenvalue weighted by Crippen LogP contribution is 2.05. The van der Waals surface area contributed by atoms with Crippen molar-refractivity contribution in [2.24, 2.45) is 0 Å². The van der Waals surface area contributed by atoms with E-state index >= 15 is 0 Å². The van der Waals surface area contributed by atoms with Crippen LogP contribution in [0.2, 0.25) is 0 Å². The highest BCUT2D eigenvalue weighted by atomic mass is 16.2. The highest BCUT2D eigenvalue weighted by Gasteiger charge is 2.26. The third kappa shape index (κ3) is 5.16. The fourth-order valence-corrected chi connectivity index (χ4v) is 2.10. The van der Waals surface area contributed by atoms with Gasteiger partial charge < -0.3 is 21.3 Å². The van der Waals surface area contributed by atoms with Crippen LogP contribution >= 0.6 is 0 Å². The van der Waals surface area contributed by atoms with Crippen LogP contribution in [0.15, 0.2) is 0 Å². The van der Waals surface area contributed by atoms with Crippen molar-refractivity contribution in [1.82, 2.24) is 21.3 Å². The van der Waals surface area contributed by atoms with Gasteiger partial charge in [0.1, 0.15) is 6.04 Å². The largest absolute Gasteiger partial charge is 0.357 e. The predicted octanol–water partition coefficient (Wildman–Crippen LogP) is -1.11. The first-order valence-electron chi connectivity index (χ1n) is 7.10. The Morgan fingerprint density at radius 3 is 2.65 bits per heavy atom. The van der Waals surface area contributed by atoms with E-state index in [9.17, 15) is 14.4 Å². The average molecular weight is 284 g/mol. The van der Waals surface area contributed by atoms with E-state index in [1.807, 2.05) is 0 Å². The normalized spacial score (nSPS) is 19.2. The second kappa shape index (κ2) is 8.52. The molecule has 1 heterocycles. The lowest BCUT2D eigenvalue weighted by Crippen LogP contribution is -2.51. The molecule has 1 aliphatic heterocycles. The van der Waals surface area contributed by atoms with Gasteiger partial charge in [-0.05, 0) is 25.8 Å². The number of likely N-dealkylation sites (N-methyl/N-ethyl adjacent to an activating group) is 1. The van der Waals surface area contributed by atoms with Crippen LogP contribution in [-0.4, -0.2) is 49.9 Å². The van der Waals surface area contributed by atoms with E-state index < -0.39 is 6.04 Å². The molecule has 0 radical (unpaired) electrons. The molecule has 4 N–H and O–H groups in total. The first-order chi connectivity index (χ1) is 9.58. The Kier molecular flexibility index (Phi) is 7.00. The minimum atomic E-state index is -0.618. The molecule has 0 aromatic rings. The summed E-state index contributed by atoms with van der Waals surface area (Å²) in [6, 6.07) is -0.834. The molecule has 7 heteroatoms. The molecule has 20 heavy (non-hydrogen) atoms. The van der Waals surface area contributed by atoms with Gasteiger partial charge in [-0.3, -0.25) is 14.4 Å². The maximum Gasteiger partial charge on any atom is 0.242 e. The number of hydrogen-bond acceptors (Lipinski definition) is 4. The standard InChI is InChI=1S/C13H24N4O3/c1-3-11(18)16-8-6-10(12(19)14-2)17-13(20)9-5-4-7-15-9/h9-10,15H,3-8H2,1-2H3,(H,14,19)(H,16,18)(H,17,20)/t9?,10-/m0/s1. The predicted molar refractivity (Wildman–Crippen MR) is 74.9 cm³/mol. The quantitative estimate of drug-likeness (QED) is 0.476. The first-order valence-corrected chi connectivity index (χ1v) is 7.10. The summed E-state index contributed by atoms with van der Waals surface area (Å²) in [5.41, 5.74) is 0. The zero-order valence-electron chi connectivity index (χ0n) is 12.1. The monoisotopic (exact) mass is 284 g/mol. The number of carbonyl (C=O) groups is 3. The van der Waals surface area contributed by atoms with Crippen molar-refractivity contribution >= 4 is 17.7 Å². The van der Waals surface area contributed by atoms with E-state index in [2.05, 4.69) is 21.3 Å². The van der Waals surface area contributed by atoms with Crippen LogP contribution in [0.4, 0.5) is 0 Å². The van der Waals surface area contributed by atoms with Crippen molar-refractivity contribution < 1.29 is 14.4 Å². The smallest absolute Gasteiger partial charge is 0.242 e. The number of amides is 3. The van der Waals surface area contributed by atoms with Crippen LogP contribution in [0.5, 0.6) is 0 Å².